The molecule has 0 aliphatic carbocycles. The Morgan fingerprint density at radius 1 is 1.35 bits per heavy atom. The van der Waals surface area contributed by atoms with Crippen LogP contribution in [0, 0.1) is 10.5 Å². The highest BCUT2D eigenvalue weighted by Gasteiger charge is 2.35. The van der Waals surface area contributed by atoms with Crippen LogP contribution >= 0.6 is 33.9 Å². The number of likely N-dealkylation sites (tertiary alicyclic amines) is 1. The number of nitrogens with zero attached hydrogens (tertiary/aromatic N) is 1. The molecule has 1 aromatic heterocycles. The number of carbonyl (C=O) groups is 2. The fraction of sp³-hybridized carbons (Fsp3) is 0.294. The molecule has 0 radical (unpaired) electrons. The summed E-state index contributed by atoms with van der Waals surface area (Å²) in [4.78, 5) is 27.6. The van der Waals surface area contributed by atoms with Gasteiger partial charge in [-0.05, 0) is 77.6 Å². The summed E-state index contributed by atoms with van der Waals surface area (Å²) in [6.45, 7) is 2.61. The molecule has 3 rings (SSSR count). The van der Waals surface area contributed by atoms with Crippen LogP contribution in [-0.4, -0.2) is 29.3 Å². The van der Waals surface area contributed by atoms with E-state index < -0.39 is 0 Å². The van der Waals surface area contributed by atoms with Crippen LogP contribution in [-0.2, 0) is 4.79 Å². The molecule has 2 aromatic rings. The SMILES string of the molecule is Cc1cc(I)ccc1NC(=O)C1CCCN1C(=O)c1cccs1. The van der Waals surface area contributed by atoms with E-state index in [9.17, 15) is 9.59 Å². The molecule has 1 saturated heterocycles. The van der Waals surface area contributed by atoms with E-state index in [1.165, 1.54) is 11.3 Å². The minimum Gasteiger partial charge on any atom is -0.326 e. The molecule has 1 aromatic carbocycles. The Kier molecular flexibility index (Phi) is 5.01. The van der Waals surface area contributed by atoms with Gasteiger partial charge in [-0.25, -0.2) is 0 Å². The van der Waals surface area contributed by atoms with E-state index in [2.05, 4.69) is 27.9 Å². The van der Waals surface area contributed by atoms with Gasteiger partial charge in [0.05, 0.1) is 4.88 Å². The van der Waals surface area contributed by atoms with Crippen molar-refractivity contribution in [3.05, 3.63) is 49.7 Å². The summed E-state index contributed by atoms with van der Waals surface area (Å²) in [5, 5.41) is 4.86. The molecule has 0 saturated carbocycles. The first kappa shape index (κ1) is 16.4. The first-order valence-electron chi connectivity index (χ1n) is 7.48. The molecule has 6 heteroatoms. The van der Waals surface area contributed by atoms with Gasteiger partial charge in [-0.3, -0.25) is 9.59 Å². The molecule has 1 N–H and O–H groups in total. The van der Waals surface area contributed by atoms with Crippen LogP contribution in [0.1, 0.15) is 28.1 Å². The molecule has 0 bridgehead atoms. The van der Waals surface area contributed by atoms with Gasteiger partial charge in [0.1, 0.15) is 6.04 Å². The first-order chi connectivity index (χ1) is 11.1. The van der Waals surface area contributed by atoms with E-state index in [1.54, 1.807) is 4.90 Å². The van der Waals surface area contributed by atoms with Crippen LogP contribution in [0.2, 0.25) is 0 Å². The van der Waals surface area contributed by atoms with Crippen molar-refractivity contribution < 1.29 is 9.59 Å². The second-order valence-electron chi connectivity index (χ2n) is 5.58. The quantitative estimate of drug-likeness (QED) is 0.737. The van der Waals surface area contributed by atoms with Crippen LogP contribution in [0.3, 0.4) is 0 Å². The molecule has 0 spiro atoms. The summed E-state index contributed by atoms with van der Waals surface area (Å²) >= 11 is 3.66. The Morgan fingerprint density at radius 3 is 2.87 bits per heavy atom. The second-order valence-corrected chi connectivity index (χ2v) is 7.78. The average Bonchev–Trinajstić information content (AvgIpc) is 3.20. The van der Waals surface area contributed by atoms with E-state index in [-0.39, 0.29) is 17.9 Å². The number of hydrogen-bond donors (Lipinski definition) is 1. The van der Waals surface area contributed by atoms with Crippen LogP contribution < -0.4 is 5.32 Å². The van der Waals surface area contributed by atoms with Gasteiger partial charge in [0.25, 0.3) is 5.91 Å². The largest absolute Gasteiger partial charge is 0.326 e. The number of amides is 2. The number of nitrogens with one attached hydrogen (secondary N) is 1. The minimum atomic E-state index is -0.386. The molecular weight excluding hydrogens is 423 g/mol. The van der Waals surface area contributed by atoms with Gasteiger partial charge in [0.15, 0.2) is 0 Å². The number of aryl methyl sites for hydroxylation is 1. The summed E-state index contributed by atoms with van der Waals surface area (Å²) in [6, 6.07) is 9.19. The summed E-state index contributed by atoms with van der Waals surface area (Å²) in [5.74, 6) is -0.145. The molecule has 23 heavy (non-hydrogen) atoms. The van der Waals surface area contributed by atoms with Gasteiger partial charge >= 0.3 is 0 Å². The number of halogens is 1. The Bertz CT molecular complexity index is 730. The summed E-state index contributed by atoms with van der Waals surface area (Å²) in [5.41, 5.74) is 1.84. The van der Waals surface area contributed by atoms with E-state index in [0.717, 1.165) is 21.2 Å². The zero-order chi connectivity index (χ0) is 16.4. The maximum atomic E-state index is 12.6. The van der Waals surface area contributed by atoms with Gasteiger partial charge in [0, 0.05) is 15.8 Å². The van der Waals surface area contributed by atoms with Crippen molar-refractivity contribution in [1.82, 2.24) is 4.90 Å². The predicted molar refractivity (Wildman–Crippen MR) is 101 cm³/mol. The molecule has 1 fully saturated rings. The van der Waals surface area contributed by atoms with Crippen molar-refractivity contribution >= 4 is 51.4 Å². The van der Waals surface area contributed by atoms with Crippen molar-refractivity contribution in [2.24, 2.45) is 0 Å². The minimum absolute atomic E-state index is 0.0445. The summed E-state index contributed by atoms with van der Waals surface area (Å²) in [7, 11) is 0. The lowest BCUT2D eigenvalue weighted by molar-refractivity contribution is -0.119. The first-order valence-corrected chi connectivity index (χ1v) is 9.43. The zero-order valence-corrected chi connectivity index (χ0v) is 15.7. The molecule has 2 heterocycles. The van der Waals surface area contributed by atoms with Crippen molar-refractivity contribution in [3.63, 3.8) is 0 Å². The van der Waals surface area contributed by atoms with E-state index in [4.69, 9.17) is 0 Å². The number of rotatable bonds is 3. The predicted octanol–water partition coefficient (Wildman–Crippen LogP) is 3.90. The summed E-state index contributed by atoms with van der Waals surface area (Å²) < 4.78 is 1.13. The summed E-state index contributed by atoms with van der Waals surface area (Å²) in [6.07, 6.45) is 1.58. The highest BCUT2D eigenvalue weighted by atomic mass is 127. The third kappa shape index (κ3) is 3.58. The van der Waals surface area contributed by atoms with Gasteiger partial charge in [-0.2, -0.15) is 0 Å². The number of anilines is 1. The molecule has 1 aliphatic heterocycles. The Hall–Kier alpha value is -1.41. The molecule has 1 atom stereocenters. The van der Waals surface area contributed by atoms with E-state index in [1.807, 2.05) is 42.6 Å². The lowest BCUT2D eigenvalue weighted by Gasteiger charge is -2.23. The highest BCUT2D eigenvalue weighted by molar-refractivity contribution is 14.1. The third-order valence-corrected chi connectivity index (χ3v) is 5.52. The molecule has 1 unspecified atom stereocenters. The van der Waals surface area contributed by atoms with Crippen LogP contribution in [0.5, 0.6) is 0 Å². The monoisotopic (exact) mass is 440 g/mol. The van der Waals surface area contributed by atoms with Gasteiger partial charge in [0.2, 0.25) is 5.91 Å². The third-order valence-electron chi connectivity index (χ3n) is 3.99. The molecule has 1 aliphatic rings. The van der Waals surface area contributed by atoms with Gasteiger partial charge < -0.3 is 10.2 Å². The van der Waals surface area contributed by atoms with Crippen molar-refractivity contribution in [2.45, 2.75) is 25.8 Å². The fourth-order valence-corrected chi connectivity index (χ4v) is 4.13. The lowest BCUT2D eigenvalue weighted by atomic mass is 10.1. The lowest BCUT2D eigenvalue weighted by Crippen LogP contribution is -2.43. The van der Waals surface area contributed by atoms with Crippen LogP contribution in [0.4, 0.5) is 5.69 Å². The number of benzene rings is 1. The number of thiophene rings is 1. The van der Waals surface area contributed by atoms with Crippen molar-refractivity contribution in [3.8, 4) is 0 Å². The number of hydrogen-bond acceptors (Lipinski definition) is 3. The fourth-order valence-electron chi connectivity index (χ4n) is 2.81. The topological polar surface area (TPSA) is 49.4 Å². The Morgan fingerprint density at radius 2 is 2.17 bits per heavy atom. The smallest absolute Gasteiger partial charge is 0.264 e. The van der Waals surface area contributed by atoms with Crippen LogP contribution in [0.15, 0.2) is 35.7 Å². The Labute approximate surface area is 153 Å². The highest BCUT2D eigenvalue weighted by Crippen LogP contribution is 2.24. The average molecular weight is 440 g/mol. The molecule has 2 amide bonds. The van der Waals surface area contributed by atoms with E-state index >= 15 is 0 Å². The second kappa shape index (κ2) is 7.00. The molecule has 120 valence electrons. The van der Waals surface area contributed by atoms with Crippen molar-refractivity contribution in [2.75, 3.05) is 11.9 Å². The van der Waals surface area contributed by atoms with Crippen molar-refractivity contribution in [1.29, 1.82) is 0 Å². The molecular formula is C17H17IN2O2S. The standard InChI is InChI=1S/C17H17IN2O2S/c1-11-10-12(18)6-7-13(11)19-16(21)14-4-2-8-20(14)17(22)15-5-3-9-23-15/h3,5-7,9-10,14H,2,4,8H2,1H3,(H,19,21). The number of carbonyl (C=O) groups excluding carboxylic acids is 2. The zero-order valence-electron chi connectivity index (χ0n) is 12.7. The maximum absolute atomic E-state index is 12.6. The Balaban J connectivity index is 1.74. The normalized spacial score (nSPS) is 17.3. The maximum Gasteiger partial charge on any atom is 0.264 e. The van der Waals surface area contributed by atoms with Crippen LogP contribution in [0.25, 0.3) is 0 Å². The molecule has 4 nitrogen and oxygen atoms in total. The van der Waals surface area contributed by atoms with Gasteiger partial charge in [-0.1, -0.05) is 6.07 Å². The van der Waals surface area contributed by atoms with E-state index in [0.29, 0.717) is 17.8 Å². The van der Waals surface area contributed by atoms with Gasteiger partial charge in [-0.15, -0.1) is 11.3 Å².